The summed E-state index contributed by atoms with van der Waals surface area (Å²) in [5.74, 6) is 1.06. The van der Waals surface area contributed by atoms with Gasteiger partial charge in [0.25, 0.3) is 0 Å². The second kappa shape index (κ2) is 7.73. The van der Waals surface area contributed by atoms with E-state index in [1.807, 2.05) is 30.3 Å². The molecule has 0 aliphatic carbocycles. The van der Waals surface area contributed by atoms with E-state index in [1.54, 1.807) is 6.20 Å². The fraction of sp³-hybridized carbons (Fsp3) is 0.316. The molecule has 24 heavy (non-hydrogen) atoms. The van der Waals surface area contributed by atoms with Crippen LogP contribution in [0.1, 0.15) is 36.8 Å². The van der Waals surface area contributed by atoms with Crippen LogP contribution in [0.4, 0.5) is 0 Å². The van der Waals surface area contributed by atoms with Crippen LogP contribution in [-0.4, -0.2) is 20.9 Å². The number of carbonyl (C=O) groups is 1. The molecule has 5 nitrogen and oxygen atoms in total. The van der Waals surface area contributed by atoms with Gasteiger partial charge in [-0.3, -0.25) is 9.78 Å². The van der Waals surface area contributed by atoms with Crippen LogP contribution in [0.2, 0.25) is 0 Å². The third kappa shape index (κ3) is 4.19. The van der Waals surface area contributed by atoms with Crippen LogP contribution in [0.25, 0.3) is 11.0 Å². The van der Waals surface area contributed by atoms with Crippen molar-refractivity contribution in [3.05, 3.63) is 59.7 Å². The Labute approximate surface area is 141 Å². The molecule has 3 aromatic rings. The van der Waals surface area contributed by atoms with Gasteiger partial charge in [-0.2, -0.15) is 0 Å². The van der Waals surface area contributed by atoms with Gasteiger partial charge in [0.2, 0.25) is 5.91 Å². The third-order valence-corrected chi connectivity index (χ3v) is 3.92. The number of carbonyl (C=O) groups excluding carboxylic acids is 1. The zero-order valence-corrected chi connectivity index (χ0v) is 13.9. The molecule has 1 amide bonds. The minimum atomic E-state index is 0.0389. The third-order valence-electron chi connectivity index (χ3n) is 3.92. The van der Waals surface area contributed by atoms with Gasteiger partial charge >= 0.3 is 0 Å². The predicted octanol–water partition coefficient (Wildman–Crippen LogP) is 3.16. The number of aryl methyl sites for hydroxylation is 2. The first kappa shape index (κ1) is 16.2. The van der Waals surface area contributed by atoms with Crippen molar-refractivity contribution < 1.29 is 4.79 Å². The summed E-state index contributed by atoms with van der Waals surface area (Å²) in [6.07, 6.45) is 4.94. The van der Waals surface area contributed by atoms with E-state index in [-0.39, 0.29) is 5.91 Å². The summed E-state index contributed by atoms with van der Waals surface area (Å²) < 4.78 is 0. The topological polar surface area (TPSA) is 70.7 Å². The molecule has 0 unspecified atom stereocenters. The highest BCUT2D eigenvalue weighted by atomic mass is 16.1. The Morgan fingerprint density at radius 1 is 1.21 bits per heavy atom. The lowest BCUT2D eigenvalue weighted by Gasteiger charge is -2.05. The lowest BCUT2D eigenvalue weighted by molar-refractivity contribution is -0.121. The van der Waals surface area contributed by atoms with E-state index in [0.717, 1.165) is 41.0 Å². The molecule has 3 rings (SSSR count). The van der Waals surface area contributed by atoms with E-state index in [2.05, 4.69) is 33.3 Å². The van der Waals surface area contributed by atoms with Gasteiger partial charge in [-0.1, -0.05) is 19.1 Å². The summed E-state index contributed by atoms with van der Waals surface area (Å²) in [5.41, 5.74) is 4.04. The van der Waals surface area contributed by atoms with Crippen LogP contribution in [0.3, 0.4) is 0 Å². The summed E-state index contributed by atoms with van der Waals surface area (Å²) in [6, 6.07) is 11.8. The van der Waals surface area contributed by atoms with Crippen molar-refractivity contribution >= 4 is 16.9 Å². The number of aromatic amines is 1. The lowest BCUT2D eigenvalue weighted by Crippen LogP contribution is -2.23. The Morgan fingerprint density at radius 2 is 2.12 bits per heavy atom. The number of amides is 1. The fourth-order valence-electron chi connectivity index (χ4n) is 2.66. The first-order valence-electron chi connectivity index (χ1n) is 8.38. The molecule has 0 bridgehead atoms. The van der Waals surface area contributed by atoms with Crippen molar-refractivity contribution in [1.82, 2.24) is 20.3 Å². The van der Waals surface area contributed by atoms with E-state index in [9.17, 15) is 4.79 Å². The van der Waals surface area contributed by atoms with Crippen molar-refractivity contribution in [2.75, 3.05) is 0 Å². The summed E-state index contributed by atoms with van der Waals surface area (Å²) >= 11 is 0. The second-order valence-corrected chi connectivity index (χ2v) is 5.88. The average Bonchev–Trinajstić information content (AvgIpc) is 3.01. The number of pyridine rings is 1. The van der Waals surface area contributed by atoms with Gasteiger partial charge in [-0.05, 0) is 42.7 Å². The Bertz CT molecular complexity index is 811. The summed E-state index contributed by atoms with van der Waals surface area (Å²) in [4.78, 5) is 24.1. The molecular formula is C19H22N4O. The minimum absolute atomic E-state index is 0.0389. The van der Waals surface area contributed by atoms with Crippen molar-refractivity contribution in [2.45, 2.75) is 39.2 Å². The lowest BCUT2D eigenvalue weighted by atomic mass is 10.1. The Hall–Kier alpha value is -2.69. The molecule has 5 heteroatoms. The fourth-order valence-corrected chi connectivity index (χ4v) is 2.66. The van der Waals surface area contributed by atoms with Crippen LogP contribution in [0.5, 0.6) is 0 Å². The van der Waals surface area contributed by atoms with Crippen LogP contribution in [0.15, 0.2) is 42.6 Å². The number of benzene rings is 1. The maximum Gasteiger partial charge on any atom is 0.220 e. The van der Waals surface area contributed by atoms with Crippen LogP contribution in [0, 0.1) is 0 Å². The van der Waals surface area contributed by atoms with E-state index in [0.29, 0.717) is 19.4 Å². The average molecular weight is 322 g/mol. The standard InChI is InChI=1S/C19H22N4O/c1-2-5-18-22-16-9-7-14(12-17(16)23-18)8-10-19(24)21-13-15-6-3-4-11-20-15/h3-4,6-7,9,11-12H,2,5,8,10,13H2,1H3,(H,21,24)(H,22,23). The van der Waals surface area contributed by atoms with E-state index in [1.165, 1.54) is 0 Å². The SMILES string of the molecule is CCCc1nc2ccc(CCC(=O)NCc3ccccn3)cc2[nH]1. The number of hydrogen-bond donors (Lipinski definition) is 2. The number of fused-ring (bicyclic) bond motifs is 1. The maximum absolute atomic E-state index is 12.0. The van der Waals surface area contributed by atoms with Gasteiger partial charge in [-0.25, -0.2) is 4.98 Å². The Morgan fingerprint density at radius 3 is 2.92 bits per heavy atom. The number of nitrogens with one attached hydrogen (secondary N) is 2. The molecule has 0 saturated heterocycles. The van der Waals surface area contributed by atoms with Gasteiger partial charge in [0.1, 0.15) is 5.82 Å². The van der Waals surface area contributed by atoms with Gasteiger partial charge in [0, 0.05) is 19.0 Å². The number of rotatable bonds is 7. The molecule has 0 spiro atoms. The molecule has 0 aliphatic rings. The monoisotopic (exact) mass is 322 g/mol. The van der Waals surface area contributed by atoms with Crippen molar-refractivity contribution in [3.63, 3.8) is 0 Å². The summed E-state index contributed by atoms with van der Waals surface area (Å²) in [6.45, 7) is 2.61. The zero-order valence-electron chi connectivity index (χ0n) is 13.9. The van der Waals surface area contributed by atoms with Crippen molar-refractivity contribution in [2.24, 2.45) is 0 Å². The molecule has 124 valence electrons. The summed E-state index contributed by atoms with van der Waals surface area (Å²) in [5, 5.41) is 2.91. The highest BCUT2D eigenvalue weighted by Crippen LogP contribution is 2.15. The molecule has 2 aromatic heterocycles. The predicted molar refractivity (Wildman–Crippen MR) is 94.5 cm³/mol. The van der Waals surface area contributed by atoms with Gasteiger partial charge in [0.05, 0.1) is 23.3 Å². The number of hydrogen-bond acceptors (Lipinski definition) is 3. The largest absolute Gasteiger partial charge is 0.350 e. The zero-order chi connectivity index (χ0) is 16.8. The molecule has 2 N–H and O–H groups in total. The minimum Gasteiger partial charge on any atom is -0.350 e. The van der Waals surface area contributed by atoms with Crippen LogP contribution in [-0.2, 0) is 24.2 Å². The highest BCUT2D eigenvalue weighted by molar-refractivity contribution is 5.78. The van der Waals surface area contributed by atoms with Crippen LogP contribution < -0.4 is 5.32 Å². The molecule has 0 fully saturated rings. The molecular weight excluding hydrogens is 300 g/mol. The van der Waals surface area contributed by atoms with Crippen molar-refractivity contribution in [3.8, 4) is 0 Å². The van der Waals surface area contributed by atoms with E-state index >= 15 is 0 Å². The summed E-state index contributed by atoms with van der Waals surface area (Å²) in [7, 11) is 0. The molecule has 0 atom stereocenters. The maximum atomic E-state index is 12.0. The Balaban J connectivity index is 1.53. The first-order valence-corrected chi connectivity index (χ1v) is 8.38. The number of nitrogens with zero attached hydrogens (tertiary/aromatic N) is 2. The molecule has 1 aromatic carbocycles. The van der Waals surface area contributed by atoms with Crippen LogP contribution >= 0.6 is 0 Å². The van der Waals surface area contributed by atoms with E-state index in [4.69, 9.17) is 0 Å². The second-order valence-electron chi connectivity index (χ2n) is 5.88. The number of aromatic nitrogens is 3. The molecule has 0 saturated carbocycles. The molecule has 0 aliphatic heterocycles. The highest BCUT2D eigenvalue weighted by Gasteiger charge is 2.06. The smallest absolute Gasteiger partial charge is 0.220 e. The van der Waals surface area contributed by atoms with Crippen molar-refractivity contribution in [1.29, 1.82) is 0 Å². The Kier molecular flexibility index (Phi) is 5.21. The van der Waals surface area contributed by atoms with Gasteiger partial charge in [0.15, 0.2) is 0 Å². The number of H-pyrrole nitrogens is 1. The number of imidazole rings is 1. The van der Waals surface area contributed by atoms with E-state index < -0.39 is 0 Å². The normalized spacial score (nSPS) is 10.9. The first-order chi connectivity index (χ1) is 11.7. The quantitative estimate of drug-likeness (QED) is 0.702. The molecule has 0 radical (unpaired) electrons. The molecule has 2 heterocycles. The van der Waals surface area contributed by atoms with Gasteiger partial charge in [-0.15, -0.1) is 0 Å². The van der Waals surface area contributed by atoms with Gasteiger partial charge < -0.3 is 10.3 Å².